The number of methoxy groups -OCH3 is 1. The number of ether oxygens (including phenoxy) is 3. The number of hydrogen-bond donors (Lipinski definition) is 1. The highest BCUT2D eigenvalue weighted by Crippen LogP contribution is 2.39. The Morgan fingerprint density at radius 3 is 2.53 bits per heavy atom. The first-order valence-corrected chi connectivity index (χ1v) is 5.71. The van der Waals surface area contributed by atoms with Crippen molar-refractivity contribution >= 4 is 0 Å². The van der Waals surface area contributed by atoms with Crippen molar-refractivity contribution in [2.75, 3.05) is 21.0 Å². The molecule has 17 heavy (non-hydrogen) atoms. The van der Waals surface area contributed by atoms with Gasteiger partial charge in [0.05, 0.1) is 7.11 Å². The Labute approximate surface area is 102 Å². The summed E-state index contributed by atoms with van der Waals surface area (Å²) in [5, 5.41) is 3.28. The summed E-state index contributed by atoms with van der Waals surface area (Å²) in [5.74, 6) is 2.40. The molecule has 4 heteroatoms. The van der Waals surface area contributed by atoms with Crippen molar-refractivity contribution in [3.8, 4) is 17.2 Å². The van der Waals surface area contributed by atoms with Crippen LogP contribution in [0.2, 0.25) is 0 Å². The van der Waals surface area contributed by atoms with E-state index in [1.54, 1.807) is 7.11 Å². The second kappa shape index (κ2) is 4.45. The first-order valence-electron chi connectivity index (χ1n) is 5.71. The molecule has 0 fully saturated rings. The van der Waals surface area contributed by atoms with Crippen molar-refractivity contribution in [1.82, 2.24) is 5.32 Å². The van der Waals surface area contributed by atoms with E-state index in [-0.39, 0.29) is 12.3 Å². The normalized spacial score (nSPS) is 13.9. The third kappa shape index (κ3) is 2.47. The second-order valence-corrected chi connectivity index (χ2v) is 4.83. The molecule has 0 saturated heterocycles. The molecule has 1 aromatic carbocycles. The maximum Gasteiger partial charge on any atom is 0.231 e. The quantitative estimate of drug-likeness (QED) is 0.869. The molecular formula is C13H19NO3. The van der Waals surface area contributed by atoms with Crippen molar-refractivity contribution in [3.63, 3.8) is 0 Å². The van der Waals surface area contributed by atoms with E-state index in [9.17, 15) is 0 Å². The van der Waals surface area contributed by atoms with E-state index in [0.29, 0.717) is 0 Å². The molecule has 1 N–H and O–H groups in total. The molecule has 0 amide bonds. The van der Waals surface area contributed by atoms with Gasteiger partial charge in [-0.05, 0) is 38.9 Å². The summed E-state index contributed by atoms with van der Waals surface area (Å²) >= 11 is 0. The molecule has 0 unspecified atom stereocenters. The van der Waals surface area contributed by atoms with E-state index < -0.39 is 0 Å². The molecule has 1 heterocycles. The van der Waals surface area contributed by atoms with Crippen LogP contribution < -0.4 is 19.5 Å². The lowest BCUT2D eigenvalue weighted by Crippen LogP contribution is -2.38. The largest absolute Gasteiger partial charge is 0.496 e. The van der Waals surface area contributed by atoms with Crippen LogP contribution in [0.4, 0.5) is 0 Å². The van der Waals surface area contributed by atoms with Gasteiger partial charge in [0.25, 0.3) is 0 Å². The molecule has 1 aliphatic rings. The Bertz CT molecular complexity index is 415. The predicted molar refractivity (Wildman–Crippen MR) is 66.0 cm³/mol. The number of nitrogens with one attached hydrogen (secondary N) is 1. The van der Waals surface area contributed by atoms with E-state index in [1.807, 2.05) is 19.2 Å². The minimum atomic E-state index is 0.0149. The molecule has 0 radical (unpaired) electrons. The van der Waals surface area contributed by atoms with Crippen LogP contribution in [0.3, 0.4) is 0 Å². The average Bonchev–Trinajstić information content (AvgIpc) is 2.74. The number of benzene rings is 1. The van der Waals surface area contributed by atoms with E-state index in [4.69, 9.17) is 14.2 Å². The summed E-state index contributed by atoms with van der Waals surface area (Å²) in [6, 6.07) is 3.89. The number of hydrogen-bond acceptors (Lipinski definition) is 4. The fourth-order valence-corrected chi connectivity index (χ4v) is 1.86. The summed E-state index contributed by atoms with van der Waals surface area (Å²) in [4.78, 5) is 0. The van der Waals surface area contributed by atoms with Crippen molar-refractivity contribution in [2.45, 2.75) is 25.8 Å². The molecule has 1 aromatic rings. The van der Waals surface area contributed by atoms with E-state index in [0.717, 1.165) is 29.2 Å². The van der Waals surface area contributed by atoms with Gasteiger partial charge in [0.1, 0.15) is 5.75 Å². The van der Waals surface area contributed by atoms with Gasteiger partial charge in [-0.15, -0.1) is 0 Å². The predicted octanol–water partition coefficient (Wildman–Crippen LogP) is 1.96. The summed E-state index contributed by atoms with van der Waals surface area (Å²) in [6.45, 7) is 4.59. The third-order valence-corrected chi connectivity index (χ3v) is 3.08. The van der Waals surface area contributed by atoms with Crippen LogP contribution in [0.5, 0.6) is 17.2 Å². The van der Waals surface area contributed by atoms with Gasteiger partial charge < -0.3 is 19.5 Å². The number of likely N-dealkylation sites (N-methyl/N-ethyl adjacent to an activating group) is 1. The molecule has 0 spiro atoms. The van der Waals surface area contributed by atoms with Crippen LogP contribution in [0.15, 0.2) is 12.1 Å². The SMILES string of the molecule is CNC(C)(C)Cc1cc2c(cc1OC)OCO2. The highest BCUT2D eigenvalue weighted by Gasteiger charge is 2.22. The van der Waals surface area contributed by atoms with Crippen LogP contribution in [0, 0.1) is 0 Å². The average molecular weight is 237 g/mol. The van der Waals surface area contributed by atoms with Crippen molar-refractivity contribution in [1.29, 1.82) is 0 Å². The minimum Gasteiger partial charge on any atom is -0.496 e. The number of rotatable bonds is 4. The van der Waals surface area contributed by atoms with Crippen molar-refractivity contribution in [2.24, 2.45) is 0 Å². The van der Waals surface area contributed by atoms with Crippen molar-refractivity contribution in [3.05, 3.63) is 17.7 Å². The molecule has 1 aliphatic heterocycles. The summed E-state index contributed by atoms with van der Waals surface area (Å²) in [6.07, 6.45) is 0.864. The highest BCUT2D eigenvalue weighted by atomic mass is 16.7. The molecule has 0 aromatic heterocycles. The molecule has 4 nitrogen and oxygen atoms in total. The maximum absolute atomic E-state index is 5.40. The Balaban J connectivity index is 2.33. The van der Waals surface area contributed by atoms with Gasteiger partial charge in [-0.2, -0.15) is 0 Å². The van der Waals surface area contributed by atoms with Gasteiger partial charge in [-0.3, -0.25) is 0 Å². The van der Waals surface area contributed by atoms with Crippen LogP contribution in [-0.2, 0) is 6.42 Å². The first kappa shape index (κ1) is 12.0. The van der Waals surface area contributed by atoms with Crippen LogP contribution in [0.25, 0.3) is 0 Å². The fraction of sp³-hybridized carbons (Fsp3) is 0.538. The Morgan fingerprint density at radius 1 is 1.29 bits per heavy atom. The lowest BCUT2D eigenvalue weighted by molar-refractivity contribution is 0.174. The Morgan fingerprint density at radius 2 is 1.94 bits per heavy atom. The molecular weight excluding hydrogens is 218 g/mol. The zero-order valence-electron chi connectivity index (χ0n) is 10.8. The van der Waals surface area contributed by atoms with Crippen LogP contribution >= 0.6 is 0 Å². The first-order chi connectivity index (χ1) is 8.05. The summed E-state index contributed by atoms with van der Waals surface area (Å²) in [7, 11) is 3.63. The molecule has 2 rings (SSSR count). The molecule has 0 aliphatic carbocycles. The molecule has 0 bridgehead atoms. The van der Waals surface area contributed by atoms with Crippen molar-refractivity contribution < 1.29 is 14.2 Å². The standard InChI is InChI=1S/C13H19NO3/c1-13(2,14-3)7-9-5-11-12(17-8-16-11)6-10(9)15-4/h5-6,14H,7-8H2,1-4H3. The van der Waals surface area contributed by atoms with Gasteiger partial charge >= 0.3 is 0 Å². The Hall–Kier alpha value is -1.42. The third-order valence-electron chi connectivity index (χ3n) is 3.08. The summed E-state index contributed by atoms with van der Waals surface area (Å²) < 4.78 is 16.1. The topological polar surface area (TPSA) is 39.7 Å². The zero-order chi connectivity index (χ0) is 12.5. The lowest BCUT2D eigenvalue weighted by Gasteiger charge is -2.25. The van der Waals surface area contributed by atoms with Gasteiger partial charge in [-0.1, -0.05) is 0 Å². The highest BCUT2D eigenvalue weighted by molar-refractivity contribution is 5.52. The summed E-state index contributed by atoms with van der Waals surface area (Å²) in [5.41, 5.74) is 1.14. The minimum absolute atomic E-state index is 0.0149. The lowest BCUT2D eigenvalue weighted by atomic mass is 9.94. The zero-order valence-corrected chi connectivity index (χ0v) is 10.8. The number of fused-ring (bicyclic) bond motifs is 1. The van der Waals surface area contributed by atoms with E-state index >= 15 is 0 Å². The molecule has 0 saturated carbocycles. The Kier molecular flexibility index (Phi) is 3.15. The maximum atomic E-state index is 5.40. The van der Waals surface area contributed by atoms with Crippen LogP contribution in [-0.4, -0.2) is 26.5 Å². The smallest absolute Gasteiger partial charge is 0.231 e. The van der Waals surface area contributed by atoms with Gasteiger partial charge in [0.2, 0.25) is 6.79 Å². The van der Waals surface area contributed by atoms with E-state index in [1.165, 1.54) is 0 Å². The fourth-order valence-electron chi connectivity index (χ4n) is 1.86. The second-order valence-electron chi connectivity index (χ2n) is 4.83. The van der Waals surface area contributed by atoms with Gasteiger partial charge in [0, 0.05) is 11.6 Å². The van der Waals surface area contributed by atoms with Gasteiger partial charge in [0.15, 0.2) is 11.5 Å². The van der Waals surface area contributed by atoms with Crippen LogP contribution in [0.1, 0.15) is 19.4 Å². The monoisotopic (exact) mass is 237 g/mol. The molecule has 94 valence electrons. The molecule has 0 atom stereocenters. The van der Waals surface area contributed by atoms with Gasteiger partial charge in [-0.25, -0.2) is 0 Å². The van der Waals surface area contributed by atoms with E-state index in [2.05, 4.69) is 19.2 Å².